The van der Waals surface area contributed by atoms with Gasteiger partial charge in [0.2, 0.25) is 0 Å². The van der Waals surface area contributed by atoms with Crippen LogP contribution in [-0.2, 0) is 13.0 Å². The number of pyridine rings is 1. The summed E-state index contributed by atoms with van der Waals surface area (Å²) >= 11 is 0. The quantitative estimate of drug-likeness (QED) is 0.898. The Balaban J connectivity index is 2.15. The Hall–Kier alpha value is -1.68. The van der Waals surface area contributed by atoms with Crippen molar-refractivity contribution < 1.29 is 5.11 Å². The Kier molecular flexibility index (Phi) is 4.32. The molecule has 0 saturated carbocycles. The number of aromatic nitrogens is 3. The van der Waals surface area contributed by atoms with E-state index in [1.54, 1.807) is 6.20 Å². The van der Waals surface area contributed by atoms with Gasteiger partial charge in [0, 0.05) is 36.7 Å². The van der Waals surface area contributed by atoms with E-state index < -0.39 is 6.10 Å². The van der Waals surface area contributed by atoms with Crippen LogP contribution in [-0.4, -0.2) is 19.6 Å². The van der Waals surface area contributed by atoms with Crippen molar-refractivity contribution in [3.63, 3.8) is 0 Å². The second-order valence-electron chi connectivity index (χ2n) is 4.94. The molecule has 0 aliphatic rings. The average Bonchev–Trinajstić information content (AvgIpc) is 2.76. The molecule has 1 atom stereocenters. The Morgan fingerprint density at radius 1 is 1.26 bits per heavy atom. The monoisotopic (exact) mass is 259 g/mol. The first-order valence-corrected chi connectivity index (χ1v) is 6.73. The fourth-order valence-electron chi connectivity index (χ4n) is 2.32. The Bertz CT molecular complexity index is 528. The summed E-state index contributed by atoms with van der Waals surface area (Å²) in [6, 6.07) is 3.87. The Labute approximate surface area is 114 Å². The molecule has 19 heavy (non-hydrogen) atoms. The Morgan fingerprint density at radius 2 is 1.95 bits per heavy atom. The number of imidazole rings is 1. The lowest BCUT2D eigenvalue weighted by Gasteiger charge is -2.13. The standard InChI is InChI=1S/C15H21N3O/c1-4-6-18-7-5-16-15(18)10-14(19)13-8-11(2)17-12(3)9-13/h5,7-9,14,19H,4,6,10H2,1-3H3. The molecular weight excluding hydrogens is 238 g/mol. The highest BCUT2D eigenvalue weighted by atomic mass is 16.3. The third-order valence-electron chi connectivity index (χ3n) is 3.13. The highest BCUT2D eigenvalue weighted by molar-refractivity contribution is 5.23. The van der Waals surface area contributed by atoms with E-state index in [9.17, 15) is 5.11 Å². The summed E-state index contributed by atoms with van der Waals surface area (Å²) in [5.41, 5.74) is 2.79. The van der Waals surface area contributed by atoms with Crippen molar-refractivity contribution in [3.05, 3.63) is 47.3 Å². The molecule has 2 heterocycles. The lowest BCUT2D eigenvalue weighted by molar-refractivity contribution is 0.174. The van der Waals surface area contributed by atoms with E-state index in [2.05, 4.69) is 21.5 Å². The minimum Gasteiger partial charge on any atom is -0.388 e. The SMILES string of the molecule is CCCn1ccnc1CC(O)c1cc(C)nc(C)c1. The van der Waals surface area contributed by atoms with E-state index in [-0.39, 0.29) is 0 Å². The van der Waals surface area contributed by atoms with Gasteiger partial charge in [-0.25, -0.2) is 4.98 Å². The molecule has 0 bridgehead atoms. The zero-order valence-electron chi connectivity index (χ0n) is 11.8. The van der Waals surface area contributed by atoms with Crippen LogP contribution >= 0.6 is 0 Å². The number of rotatable bonds is 5. The second kappa shape index (κ2) is 5.97. The number of aryl methyl sites for hydroxylation is 3. The first-order valence-electron chi connectivity index (χ1n) is 6.73. The Morgan fingerprint density at radius 3 is 2.58 bits per heavy atom. The molecule has 2 aromatic rings. The lowest BCUT2D eigenvalue weighted by Crippen LogP contribution is -2.09. The molecule has 0 aliphatic carbocycles. The van der Waals surface area contributed by atoms with Gasteiger partial charge in [-0.05, 0) is 38.0 Å². The fraction of sp³-hybridized carbons (Fsp3) is 0.467. The van der Waals surface area contributed by atoms with E-state index in [0.717, 1.165) is 35.7 Å². The van der Waals surface area contributed by atoms with Crippen LogP contribution in [0.5, 0.6) is 0 Å². The van der Waals surface area contributed by atoms with Gasteiger partial charge in [-0.2, -0.15) is 0 Å². The van der Waals surface area contributed by atoms with Crippen molar-refractivity contribution in [3.8, 4) is 0 Å². The molecule has 0 spiro atoms. The number of aliphatic hydroxyl groups is 1. The summed E-state index contributed by atoms with van der Waals surface area (Å²) in [5.74, 6) is 0.932. The molecule has 2 rings (SSSR count). The van der Waals surface area contributed by atoms with Gasteiger partial charge in [0.25, 0.3) is 0 Å². The predicted molar refractivity (Wildman–Crippen MR) is 74.9 cm³/mol. The van der Waals surface area contributed by atoms with E-state index in [1.165, 1.54) is 0 Å². The second-order valence-corrected chi connectivity index (χ2v) is 4.94. The van der Waals surface area contributed by atoms with Gasteiger partial charge in [-0.15, -0.1) is 0 Å². The van der Waals surface area contributed by atoms with Crippen LogP contribution in [0, 0.1) is 13.8 Å². The highest BCUT2D eigenvalue weighted by Crippen LogP contribution is 2.19. The molecule has 4 nitrogen and oxygen atoms in total. The van der Waals surface area contributed by atoms with Crippen molar-refractivity contribution >= 4 is 0 Å². The minimum atomic E-state index is -0.529. The summed E-state index contributed by atoms with van der Waals surface area (Å²) in [7, 11) is 0. The summed E-state index contributed by atoms with van der Waals surface area (Å²) in [4.78, 5) is 8.66. The number of nitrogens with zero attached hydrogens (tertiary/aromatic N) is 3. The maximum atomic E-state index is 10.4. The predicted octanol–water partition coefficient (Wildman–Crippen LogP) is 2.58. The van der Waals surface area contributed by atoms with Crippen molar-refractivity contribution in [2.45, 2.75) is 46.3 Å². The number of hydrogen-bond acceptors (Lipinski definition) is 3. The average molecular weight is 259 g/mol. The summed E-state index contributed by atoms with van der Waals surface area (Å²) in [6.07, 6.45) is 4.83. The van der Waals surface area contributed by atoms with E-state index in [1.807, 2.05) is 32.2 Å². The molecule has 4 heteroatoms. The molecule has 2 aromatic heterocycles. The van der Waals surface area contributed by atoms with Crippen LogP contribution < -0.4 is 0 Å². The van der Waals surface area contributed by atoms with Gasteiger partial charge in [0.05, 0.1) is 6.10 Å². The van der Waals surface area contributed by atoms with E-state index in [0.29, 0.717) is 6.42 Å². The highest BCUT2D eigenvalue weighted by Gasteiger charge is 2.13. The minimum absolute atomic E-state index is 0.529. The fourth-order valence-corrected chi connectivity index (χ4v) is 2.32. The number of aliphatic hydroxyl groups excluding tert-OH is 1. The molecule has 1 unspecified atom stereocenters. The molecule has 0 amide bonds. The first kappa shape index (κ1) is 13.7. The largest absolute Gasteiger partial charge is 0.388 e. The van der Waals surface area contributed by atoms with Gasteiger partial charge >= 0.3 is 0 Å². The van der Waals surface area contributed by atoms with Gasteiger partial charge in [0.15, 0.2) is 0 Å². The topological polar surface area (TPSA) is 50.9 Å². The zero-order valence-corrected chi connectivity index (χ0v) is 11.8. The molecule has 0 fully saturated rings. The molecule has 0 aliphatic heterocycles. The van der Waals surface area contributed by atoms with Crippen LogP contribution in [0.2, 0.25) is 0 Å². The van der Waals surface area contributed by atoms with Crippen LogP contribution in [0.1, 0.15) is 42.2 Å². The molecule has 0 saturated heterocycles. The first-order chi connectivity index (χ1) is 9.10. The third-order valence-corrected chi connectivity index (χ3v) is 3.13. The van der Waals surface area contributed by atoms with Crippen molar-refractivity contribution in [1.82, 2.24) is 14.5 Å². The zero-order chi connectivity index (χ0) is 13.8. The van der Waals surface area contributed by atoms with Crippen LogP contribution in [0.25, 0.3) is 0 Å². The molecule has 0 aromatic carbocycles. The summed E-state index contributed by atoms with van der Waals surface area (Å²) in [5, 5.41) is 10.4. The van der Waals surface area contributed by atoms with Crippen LogP contribution in [0.15, 0.2) is 24.5 Å². The van der Waals surface area contributed by atoms with Gasteiger partial charge in [-0.3, -0.25) is 4.98 Å². The van der Waals surface area contributed by atoms with Gasteiger partial charge < -0.3 is 9.67 Å². The smallest absolute Gasteiger partial charge is 0.111 e. The molecule has 1 N–H and O–H groups in total. The maximum absolute atomic E-state index is 10.4. The molecular formula is C15H21N3O. The van der Waals surface area contributed by atoms with Gasteiger partial charge in [0.1, 0.15) is 5.82 Å². The third kappa shape index (κ3) is 3.41. The molecule has 102 valence electrons. The van der Waals surface area contributed by atoms with Crippen molar-refractivity contribution in [2.24, 2.45) is 0 Å². The summed E-state index contributed by atoms with van der Waals surface area (Å²) in [6.45, 7) is 6.97. The van der Waals surface area contributed by atoms with Crippen LogP contribution in [0.4, 0.5) is 0 Å². The van der Waals surface area contributed by atoms with Crippen molar-refractivity contribution in [1.29, 1.82) is 0 Å². The lowest BCUT2D eigenvalue weighted by atomic mass is 10.1. The molecule has 0 radical (unpaired) electrons. The number of hydrogen-bond donors (Lipinski definition) is 1. The normalized spacial score (nSPS) is 12.6. The van der Waals surface area contributed by atoms with Crippen molar-refractivity contribution in [2.75, 3.05) is 0 Å². The van der Waals surface area contributed by atoms with E-state index in [4.69, 9.17) is 0 Å². The van der Waals surface area contributed by atoms with Crippen LogP contribution in [0.3, 0.4) is 0 Å². The van der Waals surface area contributed by atoms with Gasteiger partial charge in [-0.1, -0.05) is 6.92 Å². The maximum Gasteiger partial charge on any atom is 0.111 e. The van der Waals surface area contributed by atoms with E-state index >= 15 is 0 Å². The summed E-state index contributed by atoms with van der Waals surface area (Å²) < 4.78 is 2.10.